The van der Waals surface area contributed by atoms with Gasteiger partial charge in [-0.2, -0.15) is 0 Å². The molecule has 0 unspecified atom stereocenters. The predicted molar refractivity (Wildman–Crippen MR) is 78.5 cm³/mol. The molecule has 0 radical (unpaired) electrons. The lowest BCUT2D eigenvalue weighted by molar-refractivity contribution is 0.0990. The highest BCUT2D eigenvalue weighted by molar-refractivity contribution is 9.10. The van der Waals surface area contributed by atoms with Gasteiger partial charge < -0.3 is 0 Å². The number of rotatable bonds is 4. The van der Waals surface area contributed by atoms with E-state index in [2.05, 4.69) is 15.9 Å². The zero-order valence-electron chi connectivity index (χ0n) is 9.89. The highest BCUT2D eigenvalue weighted by Crippen LogP contribution is 2.31. The number of hydrogen-bond donors (Lipinski definition) is 0. The second-order valence-electron chi connectivity index (χ2n) is 4.09. The first-order chi connectivity index (χ1) is 9.09. The lowest BCUT2D eigenvalue weighted by Gasteiger charge is -2.15. The Morgan fingerprint density at radius 3 is 2.21 bits per heavy atom. The summed E-state index contributed by atoms with van der Waals surface area (Å²) < 4.78 is 12.8. The molecule has 0 fully saturated rings. The van der Waals surface area contributed by atoms with Crippen LogP contribution in [-0.2, 0) is 0 Å². The first-order valence-electron chi connectivity index (χ1n) is 5.72. The highest BCUT2D eigenvalue weighted by Gasteiger charge is 2.26. The maximum Gasteiger partial charge on any atom is 0.178 e. The molecular weight excluding hydrogens is 331 g/mol. The summed E-state index contributed by atoms with van der Waals surface area (Å²) in [4.78, 5) is 11.7. The fourth-order valence-electron chi connectivity index (χ4n) is 1.71. The smallest absolute Gasteiger partial charge is 0.178 e. The molecule has 1 nitrogen and oxygen atoms in total. The molecule has 0 aliphatic carbocycles. The number of alkyl halides is 2. The van der Waals surface area contributed by atoms with Crippen molar-refractivity contribution in [3.05, 3.63) is 71.5 Å². The van der Waals surface area contributed by atoms with Crippen LogP contribution in [0.1, 0.15) is 21.3 Å². The van der Waals surface area contributed by atoms with Crippen LogP contribution in [0, 0.1) is 5.82 Å². The third-order valence-corrected chi connectivity index (χ3v) is 4.51. The van der Waals surface area contributed by atoms with Gasteiger partial charge in [0.25, 0.3) is 0 Å². The van der Waals surface area contributed by atoms with Crippen LogP contribution in [0.25, 0.3) is 0 Å². The zero-order chi connectivity index (χ0) is 13.8. The quantitative estimate of drug-likeness (QED) is 0.579. The SMILES string of the molecule is O=C(c1ccc(F)cc1)[C@H](Br)[C@H](Cl)c1ccccc1. The van der Waals surface area contributed by atoms with E-state index in [1.165, 1.54) is 24.3 Å². The molecule has 0 aliphatic heterocycles. The summed E-state index contributed by atoms with van der Waals surface area (Å²) in [5, 5.41) is -0.473. The van der Waals surface area contributed by atoms with Gasteiger partial charge >= 0.3 is 0 Å². The van der Waals surface area contributed by atoms with Crippen molar-refractivity contribution >= 4 is 33.3 Å². The Labute approximate surface area is 124 Å². The second-order valence-corrected chi connectivity index (χ2v) is 5.54. The normalized spacial score (nSPS) is 13.8. The Morgan fingerprint density at radius 2 is 1.63 bits per heavy atom. The summed E-state index contributed by atoms with van der Waals surface area (Å²) in [6.45, 7) is 0. The van der Waals surface area contributed by atoms with E-state index in [4.69, 9.17) is 11.6 Å². The van der Waals surface area contributed by atoms with E-state index in [0.717, 1.165) is 5.56 Å². The molecule has 0 saturated heterocycles. The molecule has 19 heavy (non-hydrogen) atoms. The first kappa shape index (κ1) is 14.2. The van der Waals surface area contributed by atoms with Gasteiger partial charge in [0.15, 0.2) is 5.78 Å². The van der Waals surface area contributed by atoms with Crippen LogP contribution >= 0.6 is 27.5 Å². The number of ketones is 1. The Balaban J connectivity index is 2.17. The Bertz CT molecular complexity index is 556. The van der Waals surface area contributed by atoms with Crippen molar-refractivity contribution in [1.29, 1.82) is 0 Å². The minimum atomic E-state index is -0.554. The Morgan fingerprint density at radius 1 is 1.05 bits per heavy atom. The summed E-state index contributed by atoms with van der Waals surface area (Å²) >= 11 is 9.62. The molecule has 98 valence electrons. The summed E-state index contributed by atoms with van der Waals surface area (Å²) in [5.74, 6) is -0.531. The number of Topliss-reactive ketones (excluding diaryl/α,β-unsaturated/α-hetero) is 1. The van der Waals surface area contributed by atoms with Crippen LogP contribution in [0.4, 0.5) is 4.39 Å². The largest absolute Gasteiger partial charge is 0.293 e. The molecule has 4 heteroatoms. The van der Waals surface area contributed by atoms with Crippen LogP contribution in [0.2, 0.25) is 0 Å². The number of halogens is 3. The fraction of sp³-hybridized carbons (Fsp3) is 0.133. The van der Waals surface area contributed by atoms with Crippen molar-refractivity contribution in [2.75, 3.05) is 0 Å². The average molecular weight is 342 g/mol. The molecule has 0 heterocycles. The molecular formula is C15H11BrClFO. The van der Waals surface area contributed by atoms with Crippen molar-refractivity contribution in [2.45, 2.75) is 10.2 Å². The molecule has 2 aromatic carbocycles. The van der Waals surface area contributed by atoms with Gasteiger partial charge in [-0.3, -0.25) is 4.79 Å². The van der Waals surface area contributed by atoms with Gasteiger partial charge in [0, 0.05) is 5.56 Å². The summed E-state index contributed by atoms with van der Waals surface area (Å²) in [6, 6.07) is 14.8. The van der Waals surface area contributed by atoms with Crippen LogP contribution in [0.15, 0.2) is 54.6 Å². The third kappa shape index (κ3) is 3.43. The summed E-state index contributed by atoms with van der Waals surface area (Å²) in [7, 11) is 0. The van der Waals surface area contributed by atoms with Crippen molar-refractivity contribution in [1.82, 2.24) is 0 Å². The van der Waals surface area contributed by atoms with Gasteiger partial charge in [0.05, 0.1) is 10.2 Å². The third-order valence-electron chi connectivity index (χ3n) is 2.75. The molecule has 0 aromatic heterocycles. The first-order valence-corrected chi connectivity index (χ1v) is 7.07. The molecule has 0 N–H and O–H groups in total. The van der Waals surface area contributed by atoms with Gasteiger partial charge in [-0.1, -0.05) is 46.3 Å². The Kier molecular flexibility index (Phi) is 4.72. The van der Waals surface area contributed by atoms with E-state index < -0.39 is 10.2 Å². The monoisotopic (exact) mass is 340 g/mol. The molecule has 0 aliphatic rings. The topological polar surface area (TPSA) is 17.1 Å². The fourth-order valence-corrected chi connectivity index (χ4v) is 2.54. The van der Waals surface area contributed by atoms with E-state index in [-0.39, 0.29) is 11.6 Å². The van der Waals surface area contributed by atoms with Gasteiger partial charge in [0.1, 0.15) is 5.82 Å². The Hall–Kier alpha value is -1.19. The van der Waals surface area contributed by atoms with E-state index in [1.54, 1.807) is 0 Å². The summed E-state index contributed by atoms with van der Waals surface area (Å²) in [6.07, 6.45) is 0. The van der Waals surface area contributed by atoms with Crippen LogP contribution in [-0.4, -0.2) is 10.6 Å². The number of benzene rings is 2. The minimum absolute atomic E-state index is 0.163. The maximum atomic E-state index is 12.8. The molecule has 0 spiro atoms. The van der Waals surface area contributed by atoms with E-state index in [1.807, 2.05) is 30.3 Å². The lowest BCUT2D eigenvalue weighted by atomic mass is 10.0. The van der Waals surface area contributed by atoms with Crippen LogP contribution < -0.4 is 0 Å². The molecule has 2 atom stereocenters. The van der Waals surface area contributed by atoms with Gasteiger partial charge in [0.2, 0.25) is 0 Å². The number of hydrogen-bond acceptors (Lipinski definition) is 1. The second kappa shape index (κ2) is 6.31. The average Bonchev–Trinajstić information content (AvgIpc) is 2.46. The van der Waals surface area contributed by atoms with Gasteiger partial charge in [-0.15, -0.1) is 11.6 Å². The van der Waals surface area contributed by atoms with E-state index in [0.29, 0.717) is 5.56 Å². The molecule has 2 rings (SSSR count). The predicted octanol–water partition coefficient (Wildman–Crippen LogP) is 4.75. The van der Waals surface area contributed by atoms with Crippen molar-refractivity contribution in [3.63, 3.8) is 0 Å². The standard InChI is InChI=1S/C15H11BrClFO/c16-13(14(17)10-4-2-1-3-5-10)15(19)11-6-8-12(18)9-7-11/h1-9,13-14H/t13-,14-/m1/s1. The maximum absolute atomic E-state index is 12.8. The molecule has 0 amide bonds. The van der Waals surface area contributed by atoms with Gasteiger partial charge in [-0.05, 0) is 29.8 Å². The van der Waals surface area contributed by atoms with Crippen molar-refractivity contribution in [2.24, 2.45) is 0 Å². The van der Waals surface area contributed by atoms with Crippen LogP contribution in [0.5, 0.6) is 0 Å². The molecule has 2 aromatic rings. The number of carbonyl (C=O) groups excluding carboxylic acids is 1. The van der Waals surface area contributed by atoms with Gasteiger partial charge in [-0.25, -0.2) is 4.39 Å². The molecule has 0 bridgehead atoms. The lowest BCUT2D eigenvalue weighted by Crippen LogP contribution is -2.19. The highest BCUT2D eigenvalue weighted by atomic mass is 79.9. The van der Waals surface area contributed by atoms with E-state index in [9.17, 15) is 9.18 Å². The minimum Gasteiger partial charge on any atom is -0.293 e. The van der Waals surface area contributed by atoms with Crippen molar-refractivity contribution < 1.29 is 9.18 Å². The van der Waals surface area contributed by atoms with E-state index >= 15 is 0 Å². The molecule has 0 saturated carbocycles. The zero-order valence-corrected chi connectivity index (χ0v) is 12.2. The summed E-state index contributed by atoms with van der Waals surface area (Å²) in [5.41, 5.74) is 1.30. The van der Waals surface area contributed by atoms with Crippen molar-refractivity contribution in [3.8, 4) is 0 Å². The van der Waals surface area contributed by atoms with Crippen LogP contribution in [0.3, 0.4) is 0 Å². The number of carbonyl (C=O) groups is 1.